The summed E-state index contributed by atoms with van der Waals surface area (Å²) in [6.45, 7) is 1.67. The highest BCUT2D eigenvalue weighted by Crippen LogP contribution is 2.41. The third-order valence-corrected chi connectivity index (χ3v) is 5.00. The molecular weight excluding hydrogens is 226 g/mol. The Kier molecular flexibility index (Phi) is 3.92. The third kappa shape index (κ3) is 3.06. The largest absolute Gasteiger partial charge is 0.392 e. The maximum absolute atomic E-state index is 9.80. The van der Waals surface area contributed by atoms with Crippen molar-refractivity contribution in [3.8, 4) is 0 Å². The summed E-state index contributed by atoms with van der Waals surface area (Å²) in [6.07, 6.45) is 11.8. The van der Waals surface area contributed by atoms with E-state index < -0.39 is 0 Å². The topological polar surface area (TPSA) is 41.5 Å². The maximum atomic E-state index is 9.80. The lowest BCUT2D eigenvalue weighted by Gasteiger charge is -2.33. The van der Waals surface area contributed by atoms with Gasteiger partial charge in [-0.25, -0.2) is 0 Å². The molecule has 0 amide bonds. The fourth-order valence-electron chi connectivity index (χ4n) is 3.64. The molecule has 3 fully saturated rings. The van der Waals surface area contributed by atoms with E-state index in [0.29, 0.717) is 12.0 Å². The minimum atomic E-state index is -0.130. The van der Waals surface area contributed by atoms with Gasteiger partial charge in [-0.3, -0.25) is 0 Å². The number of aliphatic hydroxyl groups is 1. The van der Waals surface area contributed by atoms with Gasteiger partial charge in [0.05, 0.1) is 17.8 Å². The predicted octanol–water partition coefficient (Wildman–Crippen LogP) is 2.23. The Labute approximate surface area is 110 Å². The van der Waals surface area contributed by atoms with Gasteiger partial charge in [-0.15, -0.1) is 0 Å². The van der Waals surface area contributed by atoms with Gasteiger partial charge in [0.15, 0.2) is 0 Å². The monoisotopic (exact) mass is 253 g/mol. The number of rotatable bonds is 5. The second-order valence-corrected chi connectivity index (χ2v) is 6.59. The van der Waals surface area contributed by atoms with Gasteiger partial charge in [0, 0.05) is 13.1 Å². The molecule has 0 aromatic heterocycles. The van der Waals surface area contributed by atoms with Gasteiger partial charge in [0.1, 0.15) is 0 Å². The van der Waals surface area contributed by atoms with Gasteiger partial charge in [-0.1, -0.05) is 19.3 Å². The Morgan fingerprint density at radius 1 is 1.11 bits per heavy atom. The van der Waals surface area contributed by atoms with Gasteiger partial charge in [-0.05, 0) is 44.4 Å². The molecule has 1 heterocycles. The van der Waals surface area contributed by atoms with Gasteiger partial charge in [0.25, 0.3) is 0 Å². The second kappa shape index (κ2) is 5.48. The van der Waals surface area contributed by atoms with Gasteiger partial charge >= 0.3 is 0 Å². The summed E-state index contributed by atoms with van der Waals surface area (Å²) in [5, 5.41) is 13.2. The summed E-state index contributed by atoms with van der Waals surface area (Å²) in [5.41, 5.74) is 0.236. The summed E-state index contributed by atoms with van der Waals surface area (Å²) in [4.78, 5) is 0. The molecule has 3 aliphatic rings. The molecule has 3 rings (SSSR count). The van der Waals surface area contributed by atoms with E-state index in [9.17, 15) is 5.11 Å². The minimum absolute atomic E-state index is 0.130. The van der Waals surface area contributed by atoms with Crippen LogP contribution in [-0.2, 0) is 4.74 Å². The summed E-state index contributed by atoms with van der Waals surface area (Å²) >= 11 is 0. The lowest BCUT2D eigenvalue weighted by Crippen LogP contribution is -2.37. The highest BCUT2D eigenvalue weighted by Gasteiger charge is 2.40. The van der Waals surface area contributed by atoms with E-state index in [4.69, 9.17) is 4.74 Å². The first-order valence-electron chi connectivity index (χ1n) is 7.84. The zero-order valence-corrected chi connectivity index (χ0v) is 11.4. The van der Waals surface area contributed by atoms with Crippen LogP contribution in [0.5, 0.6) is 0 Å². The predicted molar refractivity (Wildman–Crippen MR) is 71.5 cm³/mol. The molecule has 104 valence electrons. The SMILES string of the molecule is OC(CNCC1CCC2(CCCCC2)O1)C1CC1. The summed E-state index contributed by atoms with van der Waals surface area (Å²) < 4.78 is 6.30. The Hall–Kier alpha value is -0.120. The van der Waals surface area contributed by atoms with Crippen molar-refractivity contribution >= 4 is 0 Å². The first kappa shape index (κ1) is 12.9. The number of nitrogens with one attached hydrogen (secondary N) is 1. The second-order valence-electron chi connectivity index (χ2n) is 6.59. The van der Waals surface area contributed by atoms with E-state index in [-0.39, 0.29) is 11.7 Å². The average molecular weight is 253 g/mol. The Morgan fingerprint density at radius 2 is 1.89 bits per heavy atom. The Balaban J connectivity index is 1.36. The van der Waals surface area contributed by atoms with Crippen LogP contribution in [-0.4, -0.2) is 36.0 Å². The molecule has 0 bridgehead atoms. The molecule has 2 atom stereocenters. The van der Waals surface area contributed by atoms with Crippen molar-refractivity contribution in [2.75, 3.05) is 13.1 Å². The highest BCUT2D eigenvalue weighted by molar-refractivity contribution is 4.92. The van der Waals surface area contributed by atoms with E-state index in [1.165, 1.54) is 57.8 Å². The van der Waals surface area contributed by atoms with Gasteiger partial charge < -0.3 is 15.2 Å². The van der Waals surface area contributed by atoms with Crippen molar-refractivity contribution < 1.29 is 9.84 Å². The smallest absolute Gasteiger partial charge is 0.0708 e. The summed E-state index contributed by atoms with van der Waals surface area (Å²) in [5.74, 6) is 0.576. The van der Waals surface area contributed by atoms with Crippen LogP contribution in [0.1, 0.15) is 57.8 Å². The maximum Gasteiger partial charge on any atom is 0.0708 e. The van der Waals surface area contributed by atoms with Crippen LogP contribution in [0.4, 0.5) is 0 Å². The van der Waals surface area contributed by atoms with Gasteiger partial charge in [-0.2, -0.15) is 0 Å². The van der Waals surface area contributed by atoms with Crippen LogP contribution in [0.3, 0.4) is 0 Å². The van der Waals surface area contributed by atoms with E-state index >= 15 is 0 Å². The molecule has 2 aliphatic carbocycles. The Bertz CT molecular complexity index is 272. The third-order valence-electron chi connectivity index (χ3n) is 5.00. The first-order valence-corrected chi connectivity index (χ1v) is 7.84. The molecule has 2 unspecified atom stereocenters. The quantitative estimate of drug-likeness (QED) is 0.789. The van der Waals surface area contributed by atoms with Crippen LogP contribution in [0.2, 0.25) is 0 Å². The molecule has 1 aliphatic heterocycles. The minimum Gasteiger partial charge on any atom is -0.392 e. The van der Waals surface area contributed by atoms with E-state index in [2.05, 4.69) is 5.32 Å². The lowest BCUT2D eigenvalue weighted by atomic mass is 9.83. The van der Waals surface area contributed by atoms with Gasteiger partial charge in [0.2, 0.25) is 0 Å². The van der Waals surface area contributed by atoms with Crippen molar-refractivity contribution in [1.29, 1.82) is 0 Å². The molecular formula is C15H27NO2. The van der Waals surface area contributed by atoms with E-state index in [1.807, 2.05) is 0 Å². The molecule has 2 saturated carbocycles. The normalized spacial score (nSPS) is 32.8. The fraction of sp³-hybridized carbons (Fsp3) is 1.00. The summed E-state index contributed by atoms with van der Waals surface area (Å²) in [6, 6.07) is 0. The molecule has 0 radical (unpaired) electrons. The zero-order valence-electron chi connectivity index (χ0n) is 11.4. The first-order chi connectivity index (χ1) is 8.77. The molecule has 1 spiro atoms. The fourth-order valence-corrected chi connectivity index (χ4v) is 3.64. The van der Waals surface area contributed by atoms with Crippen LogP contribution in [0.25, 0.3) is 0 Å². The number of aliphatic hydroxyl groups excluding tert-OH is 1. The van der Waals surface area contributed by atoms with E-state index in [0.717, 1.165) is 13.1 Å². The van der Waals surface area contributed by atoms with Crippen molar-refractivity contribution in [2.24, 2.45) is 5.92 Å². The highest BCUT2D eigenvalue weighted by atomic mass is 16.5. The standard InChI is InChI=1S/C15H27NO2/c17-14(12-4-5-12)11-16-10-13-6-9-15(18-13)7-2-1-3-8-15/h12-14,16-17H,1-11H2. The average Bonchev–Trinajstić information content (AvgIpc) is 3.16. The zero-order chi connectivity index (χ0) is 12.4. The van der Waals surface area contributed by atoms with Crippen molar-refractivity contribution in [1.82, 2.24) is 5.32 Å². The van der Waals surface area contributed by atoms with Crippen molar-refractivity contribution in [2.45, 2.75) is 75.6 Å². The molecule has 2 N–H and O–H groups in total. The molecule has 0 aromatic rings. The van der Waals surface area contributed by atoms with E-state index in [1.54, 1.807) is 0 Å². The number of hydrogen-bond donors (Lipinski definition) is 2. The van der Waals surface area contributed by atoms with Crippen LogP contribution < -0.4 is 5.32 Å². The molecule has 3 nitrogen and oxygen atoms in total. The number of ether oxygens (including phenoxy) is 1. The number of hydrogen-bond acceptors (Lipinski definition) is 3. The molecule has 3 heteroatoms. The lowest BCUT2D eigenvalue weighted by molar-refractivity contribution is -0.0628. The molecule has 1 saturated heterocycles. The summed E-state index contributed by atoms with van der Waals surface area (Å²) in [7, 11) is 0. The van der Waals surface area contributed by atoms with Crippen LogP contribution in [0.15, 0.2) is 0 Å². The van der Waals surface area contributed by atoms with Crippen LogP contribution >= 0.6 is 0 Å². The van der Waals surface area contributed by atoms with Crippen LogP contribution in [0, 0.1) is 5.92 Å². The molecule has 0 aromatic carbocycles. The Morgan fingerprint density at radius 3 is 2.61 bits per heavy atom. The van der Waals surface area contributed by atoms with Crippen molar-refractivity contribution in [3.05, 3.63) is 0 Å². The van der Waals surface area contributed by atoms with Crippen molar-refractivity contribution in [3.63, 3.8) is 0 Å². The molecule has 18 heavy (non-hydrogen) atoms.